The molecule has 6 rings (SSSR count). The van der Waals surface area contributed by atoms with Crippen LogP contribution in [0.1, 0.15) is 52.3 Å². The lowest BCUT2D eigenvalue weighted by Crippen LogP contribution is -2.39. The maximum absolute atomic E-state index is 13.2. The maximum Gasteiger partial charge on any atom is 0.322 e. The van der Waals surface area contributed by atoms with Crippen molar-refractivity contribution in [2.24, 2.45) is 0 Å². The van der Waals surface area contributed by atoms with Crippen molar-refractivity contribution in [3.8, 4) is 11.1 Å². The Kier molecular flexibility index (Phi) is 5.33. The molecule has 4 heterocycles. The van der Waals surface area contributed by atoms with Gasteiger partial charge in [0.15, 0.2) is 0 Å². The van der Waals surface area contributed by atoms with Crippen LogP contribution < -0.4 is 10.6 Å². The second kappa shape index (κ2) is 8.54. The van der Waals surface area contributed by atoms with Crippen molar-refractivity contribution in [2.75, 3.05) is 11.9 Å². The highest BCUT2D eigenvalue weighted by atomic mass is 16.2. The molecule has 2 aromatic carbocycles. The van der Waals surface area contributed by atoms with Crippen LogP contribution in [0, 0.1) is 20.8 Å². The van der Waals surface area contributed by atoms with Gasteiger partial charge in [0.2, 0.25) is 0 Å². The summed E-state index contributed by atoms with van der Waals surface area (Å²) in [6, 6.07) is 13.4. The zero-order valence-corrected chi connectivity index (χ0v) is 20.5. The molecule has 2 aliphatic rings. The van der Waals surface area contributed by atoms with Gasteiger partial charge in [0.05, 0.1) is 6.54 Å². The van der Waals surface area contributed by atoms with Crippen molar-refractivity contribution in [1.29, 1.82) is 0 Å². The maximum atomic E-state index is 13.2. The number of nitrogens with one attached hydrogen (secondary N) is 3. The highest BCUT2D eigenvalue weighted by molar-refractivity contribution is 5.94. The number of urea groups is 1. The number of nitrogens with zero attached hydrogens (tertiary/aromatic N) is 2. The molecule has 2 aromatic heterocycles. The number of benzene rings is 2. The van der Waals surface area contributed by atoms with Gasteiger partial charge in [-0.15, -0.1) is 0 Å². The molecule has 35 heavy (non-hydrogen) atoms. The van der Waals surface area contributed by atoms with E-state index in [0.29, 0.717) is 19.1 Å². The smallest absolute Gasteiger partial charge is 0.322 e. The number of H-pyrrole nitrogens is 1. The van der Waals surface area contributed by atoms with Crippen LogP contribution in [0.2, 0.25) is 0 Å². The molecule has 0 bridgehead atoms. The molecule has 1 saturated heterocycles. The number of carbonyl (C=O) groups excluding carboxylic acids is 1. The van der Waals surface area contributed by atoms with Gasteiger partial charge in [0, 0.05) is 41.6 Å². The molecule has 2 amide bonds. The van der Waals surface area contributed by atoms with Crippen molar-refractivity contribution >= 4 is 22.8 Å². The molecule has 4 aromatic rings. The highest BCUT2D eigenvalue weighted by Crippen LogP contribution is 2.38. The monoisotopic (exact) mass is 465 g/mol. The number of anilines is 1. The van der Waals surface area contributed by atoms with Crippen molar-refractivity contribution < 1.29 is 4.79 Å². The minimum atomic E-state index is -0.0470. The fraction of sp³-hybridized carbons (Fsp3) is 0.310. The van der Waals surface area contributed by atoms with Crippen LogP contribution in [0.25, 0.3) is 22.2 Å². The van der Waals surface area contributed by atoms with Crippen LogP contribution in [0.3, 0.4) is 0 Å². The van der Waals surface area contributed by atoms with E-state index in [9.17, 15) is 4.79 Å². The number of amides is 2. The van der Waals surface area contributed by atoms with Gasteiger partial charge < -0.3 is 20.5 Å². The molecule has 3 N–H and O–H groups in total. The number of carbonyl (C=O) groups is 1. The molecule has 0 saturated carbocycles. The molecule has 0 spiro atoms. The molecule has 6 nitrogen and oxygen atoms in total. The lowest BCUT2D eigenvalue weighted by Gasteiger charge is -2.33. The first kappa shape index (κ1) is 21.9. The molecule has 2 aliphatic heterocycles. The third-order valence-electron chi connectivity index (χ3n) is 7.32. The van der Waals surface area contributed by atoms with Gasteiger partial charge in [0.1, 0.15) is 5.65 Å². The molecule has 6 heteroatoms. The Morgan fingerprint density at radius 1 is 1.03 bits per heavy atom. The average Bonchev–Trinajstić information content (AvgIpc) is 3.48. The fourth-order valence-electron chi connectivity index (χ4n) is 5.67. The summed E-state index contributed by atoms with van der Waals surface area (Å²) in [5.41, 5.74) is 11.3. The number of hydrogen-bond donors (Lipinski definition) is 3. The first-order chi connectivity index (χ1) is 16.9. The van der Waals surface area contributed by atoms with E-state index in [-0.39, 0.29) is 6.03 Å². The number of pyridine rings is 1. The first-order valence-electron chi connectivity index (χ1n) is 12.4. The number of aryl methyl sites for hydroxylation is 3. The summed E-state index contributed by atoms with van der Waals surface area (Å²) in [6.45, 7) is 8.54. The van der Waals surface area contributed by atoms with E-state index in [1.807, 2.05) is 17.3 Å². The fourth-order valence-corrected chi connectivity index (χ4v) is 5.67. The quantitative estimate of drug-likeness (QED) is 0.340. The standard InChI is InChI=1S/C29H31N5O/c1-17-7-18(2)9-20(8-17)15-34-16-25-24(26-5-4-6-30-26)10-21(12-27(25)33-29(34)35)22-11-23-19(3)13-31-28(23)32-14-22/h7-14,26,30H,4-6,15-16H2,1-3H3,(H,31,32)(H,33,35)/t26-/m0/s1. The van der Waals surface area contributed by atoms with Gasteiger partial charge >= 0.3 is 6.03 Å². The molecular formula is C29H31N5O. The molecule has 0 aliphatic carbocycles. The topological polar surface area (TPSA) is 73.1 Å². The number of rotatable bonds is 4. The van der Waals surface area contributed by atoms with Gasteiger partial charge in [-0.1, -0.05) is 29.3 Å². The molecule has 1 fully saturated rings. The molecule has 0 unspecified atom stereocenters. The van der Waals surface area contributed by atoms with Gasteiger partial charge in [-0.25, -0.2) is 9.78 Å². The zero-order chi connectivity index (χ0) is 24.1. The minimum absolute atomic E-state index is 0.0470. The lowest BCUT2D eigenvalue weighted by molar-refractivity contribution is 0.203. The van der Waals surface area contributed by atoms with Crippen molar-refractivity contribution in [2.45, 2.75) is 52.7 Å². The Morgan fingerprint density at radius 2 is 1.86 bits per heavy atom. The summed E-state index contributed by atoms with van der Waals surface area (Å²) in [7, 11) is 0. The molecule has 1 atom stereocenters. The van der Waals surface area contributed by atoms with Crippen molar-refractivity contribution in [3.63, 3.8) is 0 Å². The van der Waals surface area contributed by atoms with E-state index in [2.05, 4.69) is 77.8 Å². The summed E-state index contributed by atoms with van der Waals surface area (Å²) in [6.07, 6.45) is 6.18. The van der Waals surface area contributed by atoms with Crippen LogP contribution in [-0.2, 0) is 13.1 Å². The van der Waals surface area contributed by atoms with E-state index in [1.54, 1.807) is 0 Å². The minimum Gasteiger partial charge on any atom is -0.346 e. The van der Waals surface area contributed by atoms with Gasteiger partial charge in [-0.2, -0.15) is 0 Å². The largest absolute Gasteiger partial charge is 0.346 e. The number of hydrogen-bond acceptors (Lipinski definition) is 3. The normalized spacial score (nSPS) is 17.6. The van der Waals surface area contributed by atoms with E-state index >= 15 is 0 Å². The second-order valence-electron chi connectivity index (χ2n) is 10.1. The van der Waals surface area contributed by atoms with E-state index in [4.69, 9.17) is 0 Å². The first-order valence-corrected chi connectivity index (χ1v) is 12.4. The summed E-state index contributed by atoms with van der Waals surface area (Å²) in [5, 5.41) is 8.01. The Bertz CT molecular complexity index is 1430. The SMILES string of the molecule is Cc1cc(C)cc(CN2Cc3c(cc(-c4cnc5[nH]cc(C)c5c4)cc3[C@@H]3CCCN3)NC2=O)c1. The van der Waals surface area contributed by atoms with Crippen LogP contribution >= 0.6 is 0 Å². The third-order valence-corrected chi connectivity index (χ3v) is 7.32. The second-order valence-corrected chi connectivity index (χ2v) is 10.1. The van der Waals surface area contributed by atoms with Crippen molar-refractivity contribution in [1.82, 2.24) is 20.2 Å². The Balaban J connectivity index is 1.40. The predicted octanol–water partition coefficient (Wildman–Crippen LogP) is 6.13. The van der Waals surface area contributed by atoms with E-state index in [0.717, 1.165) is 40.8 Å². The van der Waals surface area contributed by atoms with Crippen LogP contribution in [0.4, 0.5) is 10.5 Å². The summed E-state index contributed by atoms with van der Waals surface area (Å²) in [5.74, 6) is 0. The third kappa shape index (κ3) is 4.08. The zero-order valence-electron chi connectivity index (χ0n) is 20.5. The number of aromatic nitrogens is 2. The Hall–Kier alpha value is -3.64. The van der Waals surface area contributed by atoms with Crippen LogP contribution in [0.5, 0.6) is 0 Å². The van der Waals surface area contributed by atoms with E-state index < -0.39 is 0 Å². The number of fused-ring (bicyclic) bond motifs is 2. The molecule has 0 radical (unpaired) electrons. The Labute approximate surface area is 205 Å². The molecule has 178 valence electrons. The number of aromatic amines is 1. The van der Waals surface area contributed by atoms with Gasteiger partial charge in [-0.05, 0) is 86.2 Å². The van der Waals surface area contributed by atoms with Crippen molar-refractivity contribution in [3.05, 3.63) is 82.2 Å². The predicted molar refractivity (Wildman–Crippen MR) is 140 cm³/mol. The molecular weight excluding hydrogens is 434 g/mol. The highest BCUT2D eigenvalue weighted by Gasteiger charge is 2.29. The van der Waals surface area contributed by atoms with Crippen LogP contribution in [-0.4, -0.2) is 27.4 Å². The lowest BCUT2D eigenvalue weighted by atomic mass is 9.91. The average molecular weight is 466 g/mol. The van der Waals surface area contributed by atoms with Gasteiger partial charge in [0.25, 0.3) is 0 Å². The summed E-state index contributed by atoms with van der Waals surface area (Å²) >= 11 is 0. The van der Waals surface area contributed by atoms with E-state index in [1.165, 1.54) is 39.8 Å². The summed E-state index contributed by atoms with van der Waals surface area (Å²) < 4.78 is 0. The summed E-state index contributed by atoms with van der Waals surface area (Å²) in [4.78, 5) is 23.0. The van der Waals surface area contributed by atoms with Gasteiger partial charge in [-0.3, -0.25) is 0 Å². The Morgan fingerprint density at radius 3 is 2.63 bits per heavy atom. The van der Waals surface area contributed by atoms with Crippen LogP contribution in [0.15, 0.2) is 48.8 Å².